The molecule has 0 saturated heterocycles. The van der Waals surface area contributed by atoms with Crippen molar-refractivity contribution in [2.75, 3.05) is 11.4 Å². The number of carboxylic acids is 1. The Labute approximate surface area is 158 Å². The van der Waals surface area contributed by atoms with Crippen LogP contribution in [0.4, 0.5) is 5.69 Å². The normalized spacial score (nSPS) is 14.1. The molecule has 3 N–H and O–H groups in total. The van der Waals surface area contributed by atoms with Gasteiger partial charge in [-0.3, -0.25) is 10.2 Å². The van der Waals surface area contributed by atoms with Crippen LogP contribution in [0.25, 0.3) is 16.5 Å². The van der Waals surface area contributed by atoms with E-state index in [9.17, 15) is 19.8 Å². The van der Waals surface area contributed by atoms with Crippen LogP contribution in [0.2, 0.25) is 0 Å². The van der Waals surface area contributed by atoms with Crippen molar-refractivity contribution in [2.24, 2.45) is 0 Å². The summed E-state index contributed by atoms with van der Waals surface area (Å²) >= 11 is 0. The molecule has 0 saturated carbocycles. The first kappa shape index (κ1) is 17.5. The zero-order valence-corrected chi connectivity index (χ0v) is 14.6. The first-order chi connectivity index (χ1) is 13.4. The van der Waals surface area contributed by atoms with Crippen LogP contribution >= 0.6 is 0 Å². The van der Waals surface area contributed by atoms with Gasteiger partial charge >= 0.3 is 0 Å². The van der Waals surface area contributed by atoms with E-state index in [4.69, 9.17) is 5.41 Å². The molecule has 1 aliphatic rings. The second-order valence-electron chi connectivity index (χ2n) is 6.40. The Hall–Kier alpha value is -3.94. The number of benzene rings is 2. The molecule has 28 heavy (non-hydrogen) atoms. The zero-order valence-electron chi connectivity index (χ0n) is 14.6. The average Bonchev–Trinajstić information content (AvgIpc) is 2.96. The molecule has 0 aliphatic carbocycles. The van der Waals surface area contributed by atoms with E-state index in [1.54, 1.807) is 53.4 Å². The summed E-state index contributed by atoms with van der Waals surface area (Å²) in [6.07, 6.45) is -0.200. The van der Waals surface area contributed by atoms with Crippen molar-refractivity contribution in [3.63, 3.8) is 0 Å². The van der Waals surface area contributed by atoms with Crippen molar-refractivity contribution < 1.29 is 15.0 Å². The van der Waals surface area contributed by atoms with Gasteiger partial charge in [-0.1, -0.05) is 24.3 Å². The molecule has 0 radical (unpaired) electrons. The predicted molar refractivity (Wildman–Crippen MR) is 102 cm³/mol. The van der Waals surface area contributed by atoms with Gasteiger partial charge in [-0.2, -0.15) is 0 Å². The molecule has 2 aromatic carbocycles. The number of rotatable bonds is 4. The van der Waals surface area contributed by atoms with Crippen molar-refractivity contribution >= 4 is 34.0 Å². The summed E-state index contributed by atoms with van der Waals surface area (Å²) in [5.74, 6) is -1.14. The van der Waals surface area contributed by atoms with E-state index < -0.39 is 5.97 Å². The van der Waals surface area contributed by atoms with Gasteiger partial charge in [-0.15, -0.1) is 0 Å². The highest BCUT2D eigenvalue weighted by molar-refractivity contribution is 6.30. The lowest BCUT2D eigenvalue weighted by molar-refractivity contribution is -0.304. The van der Waals surface area contributed by atoms with Gasteiger partial charge in [0.2, 0.25) is 0 Å². The van der Waals surface area contributed by atoms with Gasteiger partial charge in [0.1, 0.15) is 17.4 Å². The van der Waals surface area contributed by atoms with Crippen molar-refractivity contribution in [2.45, 2.75) is 6.42 Å². The maximum Gasteiger partial charge on any atom is 0.259 e. The molecule has 140 valence electrons. The Balaban J connectivity index is 1.67. The van der Waals surface area contributed by atoms with Crippen LogP contribution < -0.4 is 15.6 Å². The Morgan fingerprint density at radius 1 is 1.21 bits per heavy atom. The standard InChI is InChI=1S/C20H16N4O4/c21-18-17(19-22-14-4-2-1-3-13(14)20(28)23-19)15(25)10-24(18)12-7-5-11(6-8-12)9-16(26)27/h1-8,21,25H,9-10H2,(H,26,27)(H,22,23,28)/p-1. The molecule has 0 bridgehead atoms. The van der Waals surface area contributed by atoms with Crippen LogP contribution in [0.5, 0.6) is 0 Å². The van der Waals surface area contributed by atoms with Gasteiger partial charge in [0.25, 0.3) is 5.56 Å². The molecule has 0 atom stereocenters. The molecule has 0 amide bonds. The third-order valence-electron chi connectivity index (χ3n) is 4.55. The van der Waals surface area contributed by atoms with Crippen molar-refractivity contribution in [3.05, 3.63) is 76.0 Å². The quantitative estimate of drug-likeness (QED) is 0.622. The van der Waals surface area contributed by atoms with Crippen LogP contribution in [0.1, 0.15) is 11.4 Å². The zero-order chi connectivity index (χ0) is 19.8. The number of hydrogen-bond acceptors (Lipinski definition) is 6. The number of anilines is 1. The lowest BCUT2D eigenvalue weighted by Crippen LogP contribution is -2.27. The van der Waals surface area contributed by atoms with Gasteiger partial charge in [0.05, 0.1) is 23.0 Å². The summed E-state index contributed by atoms with van der Waals surface area (Å²) < 4.78 is 0. The number of carbonyl (C=O) groups excluding carboxylic acids is 1. The molecule has 0 unspecified atom stereocenters. The van der Waals surface area contributed by atoms with E-state index in [-0.39, 0.29) is 41.5 Å². The Kier molecular flexibility index (Phi) is 4.15. The number of aromatic nitrogens is 2. The first-order valence-corrected chi connectivity index (χ1v) is 8.51. The third-order valence-corrected chi connectivity index (χ3v) is 4.55. The summed E-state index contributed by atoms with van der Waals surface area (Å²) in [5.41, 5.74) is 1.46. The van der Waals surface area contributed by atoms with E-state index in [2.05, 4.69) is 9.97 Å². The van der Waals surface area contributed by atoms with Crippen LogP contribution in [-0.2, 0) is 11.2 Å². The predicted octanol–water partition coefficient (Wildman–Crippen LogP) is 0.982. The van der Waals surface area contributed by atoms with Gasteiger partial charge in [-0.25, -0.2) is 4.98 Å². The fraction of sp³-hybridized carbons (Fsp3) is 0.100. The Bertz CT molecular complexity index is 1190. The van der Waals surface area contributed by atoms with Gasteiger partial charge in [-0.05, 0) is 29.8 Å². The highest BCUT2D eigenvalue weighted by Gasteiger charge is 2.31. The molecule has 0 spiro atoms. The lowest BCUT2D eigenvalue weighted by atomic mass is 10.1. The van der Waals surface area contributed by atoms with E-state index in [0.29, 0.717) is 22.2 Å². The van der Waals surface area contributed by atoms with Gasteiger partial charge in [0.15, 0.2) is 0 Å². The van der Waals surface area contributed by atoms with Gasteiger partial charge < -0.3 is 24.9 Å². The number of nitrogens with one attached hydrogen (secondary N) is 2. The number of aromatic amines is 1. The number of H-pyrrole nitrogens is 1. The summed E-state index contributed by atoms with van der Waals surface area (Å²) in [7, 11) is 0. The summed E-state index contributed by atoms with van der Waals surface area (Å²) in [6.45, 7) is 0.0462. The van der Waals surface area contributed by atoms with Crippen molar-refractivity contribution in [1.29, 1.82) is 5.41 Å². The molecule has 1 aliphatic heterocycles. The average molecular weight is 375 g/mol. The van der Waals surface area contributed by atoms with E-state index in [0.717, 1.165) is 0 Å². The van der Waals surface area contributed by atoms with Crippen LogP contribution in [0.3, 0.4) is 0 Å². The minimum atomic E-state index is -1.17. The molecule has 1 aromatic heterocycles. The van der Waals surface area contributed by atoms with E-state index >= 15 is 0 Å². The monoisotopic (exact) mass is 375 g/mol. The highest BCUT2D eigenvalue weighted by atomic mass is 16.4. The first-order valence-electron chi connectivity index (χ1n) is 8.51. The number of nitrogens with zero attached hydrogens (tertiary/aromatic N) is 2. The Morgan fingerprint density at radius 2 is 1.93 bits per heavy atom. The minimum absolute atomic E-state index is 0.0106. The van der Waals surface area contributed by atoms with Crippen LogP contribution in [0, 0.1) is 5.41 Å². The molecule has 2 heterocycles. The molecular weight excluding hydrogens is 360 g/mol. The second-order valence-corrected chi connectivity index (χ2v) is 6.40. The van der Waals surface area contributed by atoms with Crippen molar-refractivity contribution in [3.8, 4) is 0 Å². The summed E-state index contributed by atoms with van der Waals surface area (Å²) in [6, 6.07) is 13.4. The Morgan fingerprint density at radius 3 is 2.64 bits per heavy atom. The smallest absolute Gasteiger partial charge is 0.259 e. The number of aliphatic carboxylic acids is 1. The number of hydrogen-bond donors (Lipinski definition) is 3. The molecule has 4 rings (SSSR count). The largest absolute Gasteiger partial charge is 0.550 e. The minimum Gasteiger partial charge on any atom is -0.550 e. The lowest BCUT2D eigenvalue weighted by Gasteiger charge is -2.19. The number of amidine groups is 1. The fourth-order valence-electron chi connectivity index (χ4n) is 3.21. The van der Waals surface area contributed by atoms with E-state index in [1.165, 1.54) is 0 Å². The number of carboxylic acid groups (broad SMARTS) is 1. The molecule has 8 heteroatoms. The molecular formula is C20H15N4O4-. The van der Waals surface area contributed by atoms with E-state index in [1.807, 2.05) is 0 Å². The topological polar surface area (TPSA) is 133 Å². The molecule has 0 fully saturated rings. The highest BCUT2D eigenvalue weighted by Crippen LogP contribution is 2.29. The third kappa shape index (κ3) is 3.01. The van der Waals surface area contributed by atoms with Gasteiger partial charge in [0, 0.05) is 18.1 Å². The second kappa shape index (κ2) is 6.66. The maximum absolute atomic E-state index is 12.3. The number of para-hydroxylation sites is 1. The number of aliphatic hydroxyl groups is 1. The van der Waals surface area contributed by atoms with Crippen LogP contribution in [-0.4, -0.2) is 33.4 Å². The summed E-state index contributed by atoms with van der Waals surface area (Å²) in [4.78, 5) is 31.6. The number of carbonyl (C=O) groups is 1. The molecule has 8 nitrogen and oxygen atoms in total. The SMILES string of the molecule is N=C1C(c2nc3ccccc3c(=O)[nH]2)=C(O)CN1c1ccc(CC(=O)[O-])cc1. The maximum atomic E-state index is 12.3. The number of fused-ring (bicyclic) bond motifs is 1. The summed E-state index contributed by atoms with van der Waals surface area (Å²) in [5, 5.41) is 30.0. The fourth-order valence-corrected chi connectivity index (χ4v) is 3.21. The van der Waals surface area contributed by atoms with Crippen molar-refractivity contribution in [1.82, 2.24) is 9.97 Å². The van der Waals surface area contributed by atoms with Crippen LogP contribution in [0.15, 0.2) is 59.1 Å². The number of aliphatic hydroxyl groups excluding tert-OH is 1. The molecule has 3 aromatic rings.